The third-order valence-corrected chi connectivity index (χ3v) is 4.06. The van der Waals surface area contributed by atoms with E-state index in [2.05, 4.69) is 49.1 Å². The first kappa shape index (κ1) is 14.5. The Morgan fingerprint density at radius 3 is 2.95 bits per heavy atom. The molecular weight excluding hydrogens is 238 g/mol. The fourth-order valence-corrected chi connectivity index (χ4v) is 2.85. The van der Waals surface area contributed by atoms with Crippen LogP contribution in [0.5, 0.6) is 0 Å². The van der Waals surface area contributed by atoms with Crippen molar-refractivity contribution in [2.24, 2.45) is 0 Å². The molecule has 1 aromatic heterocycles. The van der Waals surface area contributed by atoms with Gasteiger partial charge in [0, 0.05) is 30.7 Å². The summed E-state index contributed by atoms with van der Waals surface area (Å²) in [6.45, 7) is 10.5. The van der Waals surface area contributed by atoms with Crippen LogP contribution >= 0.6 is 0 Å². The van der Waals surface area contributed by atoms with Gasteiger partial charge in [-0.1, -0.05) is 25.9 Å². The van der Waals surface area contributed by atoms with Gasteiger partial charge in [0.1, 0.15) is 0 Å². The van der Waals surface area contributed by atoms with Crippen LogP contribution in [0.25, 0.3) is 0 Å². The molecular formula is C15H27N3O. The first-order chi connectivity index (χ1) is 9.10. The minimum Gasteiger partial charge on any atom is -0.360 e. The molecule has 4 nitrogen and oxygen atoms in total. The SMILES string of the molecule is CCC1CCC(C)N1Cc1cc(CNC(C)C)no1. The standard InChI is InChI=1S/C15H27N3O/c1-5-14-7-6-12(4)18(14)10-15-8-13(17-19-15)9-16-11(2)3/h8,11-12,14,16H,5-7,9-10H2,1-4H3. The molecule has 1 saturated heterocycles. The van der Waals surface area contributed by atoms with E-state index in [-0.39, 0.29) is 0 Å². The second-order valence-electron chi connectivity index (χ2n) is 5.98. The van der Waals surface area contributed by atoms with Gasteiger partial charge in [-0.2, -0.15) is 0 Å². The van der Waals surface area contributed by atoms with Crippen molar-refractivity contribution in [1.29, 1.82) is 0 Å². The van der Waals surface area contributed by atoms with E-state index < -0.39 is 0 Å². The van der Waals surface area contributed by atoms with Crippen molar-refractivity contribution in [2.75, 3.05) is 0 Å². The lowest BCUT2D eigenvalue weighted by molar-refractivity contribution is 0.168. The van der Waals surface area contributed by atoms with Crippen LogP contribution in [0, 0.1) is 0 Å². The van der Waals surface area contributed by atoms with Crippen molar-refractivity contribution in [1.82, 2.24) is 15.4 Å². The summed E-state index contributed by atoms with van der Waals surface area (Å²) >= 11 is 0. The fourth-order valence-electron chi connectivity index (χ4n) is 2.85. The van der Waals surface area contributed by atoms with E-state index in [0.29, 0.717) is 18.1 Å². The van der Waals surface area contributed by atoms with Crippen LogP contribution < -0.4 is 5.32 Å². The van der Waals surface area contributed by atoms with Crippen molar-refractivity contribution in [2.45, 2.75) is 78.2 Å². The minimum atomic E-state index is 0.475. The Balaban J connectivity index is 1.92. The van der Waals surface area contributed by atoms with E-state index in [9.17, 15) is 0 Å². The topological polar surface area (TPSA) is 41.3 Å². The van der Waals surface area contributed by atoms with E-state index in [1.54, 1.807) is 0 Å². The Bertz CT molecular complexity index is 388. The van der Waals surface area contributed by atoms with Gasteiger partial charge < -0.3 is 9.84 Å². The van der Waals surface area contributed by atoms with Crippen molar-refractivity contribution in [3.05, 3.63) is 17.5 Å². The van der Waals surface area contributed by atoms with Gasteiger partial charge in [0.25, 0.3) is 0 Å². The molecule has 1 aliphatic heterocycles. The van der Waals surface area contributed by atoms with Gasteiger partial charge in [-0.15, -0.1) is 0 Å². The Kier molecular flexibility index (Phi) is 4.99. The summed E-state index contributed by atoms with van der Waals surface area (Å²) in [5, 5.41) is 7.50. The maximum Gasteiger partial charge on any atom is 0.151 e. The zero-order valence-corrected chi connectivity index (χ0v) is 12.6. The highest BCUT2D eigenvalue weighted by Gasteiger charge is 2.29. The van der Waals surface area contributed by atoms with Gasteiger partial charge in [0.05, 0.1) is 12.2 Å². The molecule has 0 aromatic carbocycles. The summed E-state index contributed by atoms with van der Waals surface area (Å²) in [5.41, 5.74) is 1.00. The highest BCUT2D eigenvalue weighted by molar-refractivity contribution is 5.06. The Hall–Kier alpha value is -0.870. The summed E-state index contributed by atoms with van der Waals surface area (Å²) < 4.78 is 5.47. The van der Waals surface area contributed by atoms with Crippen molar-refractivity contribution in [3.8, 4) is 0 Å². The van der Waals surface area contributed by atoms with Gasteiger partial charge in [-0.05, 0) is 26.2 Å². The second kappa shape index (κ2) is 6.53. The number of rotatable bonds is 6. The molecule has 0 amide bonds. The highest BCUT2D eigenvalue weighted by atomic mass is 16.5. The molecule has 1 fully saturated rings. The summed E-state index contributed by atoms with van der Waals surface area (Å²) in [5.74, 6) is 0.993. The maximum absolute atomic E-state index is 5.47. The number of likely N-dealkylation sites (tertiary alicyclic amines) is 1. The van der Waals surface area contributed by atoms with Crippen LogP contribution in [0.2, 0.25) is 0 Å². The molecule has 2 rings (SSSR count). The van der Waals surface area contributed by atoms with Gasteiger partial charge in [-0.3, -0.25) is 4.90 Å². The lowest BCUT2D eigenvalue weighted by atomic mass is 10.1. The Labute approximate surface area is 116 Å². The van der Waals surface area contributed by atoms with E-state index in [0.717, 1.165) is 24.5 Å². The fraction of sp³-hybridized carbons (Fsp3) is 0.800. The average molecular weight is 265 g/mol. The first-order valence-corrected chi connectivity index (χ1v) is 7.53. The Morgan fingerprint density at radius 1 is 1.47 bits per heavy atom. The smallest absolute Gasteiger partial charge is 0.151 e. The summed E-state index contributed by atoms with van der Waals surface area (Å²) in [6, 6.07) is 3.93. The number of aromatic nitrogens is 1. The first-order valence-electron chi connectivity index (χ1n) is 7.53. The third-order valence-electron chi connectivity index (χ3n) is 4.06. The predicted molar refractivity (Wildman–Crippen MR) is 76.8 cm³/mol. The molecule has 0 bridgehead atoms. The summed E-state index contributed by atoms with van der Waals surface area (Å²) in [7, 11) is 0. The van der Waals surface area contributed by atoms with Gasteiger partial charge >= 0.3 is 0 Å². The third kappa shape index (κ3) is 3.80. The van der Waals surface area contributed by atoms with Crippen LogP contribution in [-0.2, 0) is 13.1 Å². The number of hydrogen-bond donors (Lipinski definition) is 1. The normalized spacial score (nSPS) is 24.5. The van der Waals surface area contributed by atoms with Crippen LogP contribution in [-0.4, -0.2) is 28.2 Å². The zero-order chi connectivity index (χ0) is 13.8. The lowest BCUT2D eigenvalue weighted by Crippen LogP contribution is -2.33. The monoisotopic (exact) mass is 265 g/mol. The molecule has 2 atom stereocenters. The molecule has 108 valence electrons. The van der Waals surface area contributed by atoms with Crippen molar-refractivity contribution >= 4 is 0 Å². The lowest BCUT2D eigenvalue weighted by Gasteiger charge is -2.26. The number of nitrogens with one attached hydrogen (secondary N) is 1. The molecule has 2 heterocycles. The van der Waals surface area contributed by atoms with E-state index >= 15 is 0 Å². The molecule has 2 unspecified atom stereocenters. The van der Waals surface area contributed by atoms with Gasteiger partial charge in [0.2, 0.25) is 0 Å². The Morgan fingerprint density at radius 2 is 2.26 bits per heavy atom. The predicted octanol–water partition coefficient (Wildman–Crippen LogP) is 2.94. The molecule has 0 aliphatic carbocycles. The van der Waals surface area contributed by atoms with Crippen LogP contribution in [0.4, 0.5) is 0 Å². The van der Waals surface area contributed by atoms with Crippen molar-refractivity contribution in [3.63, 3.8) is 0 Å². The summed E-state index contributed by atoms with van der Waals surface area (Å²) in [6.07, 6.45) is 3.84. The van der Waals surface area contributed by atoms with Crippen LogP contribution in [0.15, 0.2) is 10.6 Å². The quantitative estimate of drug-likeness (QED) is 0.858. The van der Waals surface area contributed by atoms with E-state index in [4.69, 9.17) is 4.52 Å². The molecule has 4 heteroatoms. The molecule has 0 saturated carbocycles. The zero-order valence-electron chi connectivity index (χ0n) is 12.6. The van der Waals surface area contributed by atoms with Crippen molar-refractivity contribution < 1.29 is 4.52 Å². The minimum absolute atomic E-state index is 0.475. The molecule has 1 N–H and O–H groups in total. The molecule has 0 radical (unpaired) electrons. The van der Waals surface area contributed by atoms with E-state index in [1.807, 2.05) is 0 Å². The molecule has 1 aliphatic rings. The number of nitrogens with zero attached hydrogens (tertiary/aromatic N) is 2. The highest BCUT2D eigenvalue weighted by Crippen LogP contribution is 2.27. The average Bonchev–Trinajstić information content (AvgIpc) is 2.96. The molecule has 19 heavy (non-hydrogen) atoms. The molecule has 1 aromatic rings. The summed E-state index contributed by atoms with van der Waals surface area (Å²) in [4.78, 5) is 2.56. The van der Waals surface area contributed by atoms with Gasteiger partial charge in [-0.25, -0.2) is 0 Å². The largest absolute Gasteiger partial charge is 0.360 e. The number of hydrogen-bond acceptors (Lipinski definition) is 4. The molecule has 0 spiro atoms. The van der Waals surface area contributed by atoms with Crippen LogP contribution in [0.1, 0.15) is 58.4 Å². The van der Waals surface area contributed by atoms with Crippen LogP contribution in [0.3, 0.4) is 0 Å². The second-order valence-corrected chi connectivity index (χ2v) is 5.98. The van der Waals surface area contributed by atoms with E-state index in [1.165, 1.54) is 19.3 Å². The maximum atomic E-state index is 5.47. The van der Waals surface area contributed by atoms with Gasteiger partial charge in [0.15, 0.2) is 5.76 Å².